The highest BCUT2D eigenvalue weighted by molar-refractivity contribution is 5.83. The molecule has 8 nitrogen and oxygen atoms in total. The van der Waals surface area contributed by atoms with Gasteiger partial charge in [0, 0.05) is 48.1 Å². The maximum Gasteiger partial charge on any atom is 0.244 e. The zero-order valence-electron chi connectivity index (χ0n) is 21.2. The van der Waals surface area contributed by atoms with Crippen molar-refractivity contribution < 1.29 is 9.18 Å². The number of likely N-dealkylation sites (tertiary alicyclic amines) is 1. The SMILES string of the molecule is Cc1cc(Nc2cc(CC3CCN(C(=O)[C@@H](c4ccccc4F)N(C)C)CC3)nc(C3CC3)n2)n[nH]1. The molecule has 2 aromatic heterocycles. The molecule has 3 aromatic rings. The van der Waals surface area contributed by atoms with E-state index in [1.807, 2.05) is 38.1 Å². The summed E-state index contributed by atoms with van der Waals surface area (Å²) in [6.45, 7) is 3.30. The summed E-state index contributed by atoms with van der Waals surface area (Å²) >= 11 is 0. The molecule has 2 N–H and O–H groups in total. The van der Waals surface area contributed by atoms with Crippen LogP contribution < -0.4 is 5.32 Å². The van der Waals surface area contributed by atoms with Crippen molar-refractivity contribution in [2.75, 3.05) is 32.5 Å². The molecule has 0 unspecified atom stereocenters. The lowest BCUT2D eigenvalue weighted by molar-refractivity contribution is -0.137. The van der Waals surface area contributed by atoms with Gasteiger partial charge in [0.15, 0.2) is 5.82 Å². The third kappa shape index (κ3) is 5.56. The Balaban J connectivity index is 1.24. The van der Waals surface area contributed by atoms with Crippen LogP contribution in [-0.4, -0.2) is 63.1 Å². The molecule has 2 fully saturated rings. The summed E-state index contributed by atoms with van der Waals surface area (Å²) in [7, 11) is 3.65. The predicted molar refractivity (Wildman–Crippen MR) is 136 cm³/mol. The average Bonchev–Trinajstić information content (AvgIpc) is 3.63. The Kier molecular flexibility index (Phi) is 7.00. The maximum absolute atomic E-state index is 14.5. The number of benzene rings is 1. The van der Waals surface area contributed by atoms with Crippen molar-refractivity contribution in [2.45, 2.75) is 51.0 Å². The van der Waals surface area contributed by atoms with Crippen molar-refractivity contribution in [1.29, 1.82) is 0 Å². The molecule has 1 aromatic carbocycles. The first-order valence-corrected chi connectivity index (χ1v) is 12.7. The largest absolute Gasteiger partial charge is 0.341 e. The van der Waals surface area contributed by atoms with Gasteiger partial charge in [-0.25, -0.2) is 14.4 Å². The van der Waals surface area contributed by atoms with Gasteiger partial charge in [0.25, 0.3) is 0 Å². The third-order valence-electron chi connectivity index (χ3n) is 7.08. The second-order valence-electron chi connectivity index (χ2n) is 10.3. The number of H-pyrrole nitrogens is 1. The molecule has 2 aliphatic rings. The highest BCUT2D eigenvalue weighted by atomic mass is 19.1. The van der Waals surface area contributed by atoms with Crippen molar-refractivity contribution in [3.8, 4) is 0 Å². The van der Waals surface area contributed by atoms with Crippen LogP contribution in [0.4, 0.5) is 16.0 Å². The zero-order chi connectivity index (χ0) is 25.2. The lowest BCUT2D eigenvalue weighted by Crippen LogP contribution is -2.45. The van der Waals surface area contributed by atoms with Gasteiger partial charge in [0.2, 0.25) is 5.91 Å². The Bertz CT molecular complexity index is 1210. The number of amides is 1. The summed E-state index contributed by atoms with van der Waals surface area (Å²) in [4.78, 5) is 26.7. The molecule has 3 heterocycles. The number of nitrogens with zero attached hydrogens (tertiary/aromatic N) is 5. The van der Waals surface area contributed by atoms with Gasteiger partial charge in [-0.2, -0.15) is 5.10 Å². The van der Waals surface area contributed by atoms with Gasteiger partial charge in [-0.1, -0.05) is 18.2 Å². The van der Waals surface area contributed by atoms with Crippen LogP contribution in [0.5, 0.6) is 0 Å². The lowest BCUT2D eigenvalue weighted by Gasteiger charge is -2.36. The number of anilines is 2. The van der Waals surface area contributed by atoms with Gasteiger partial charge in [-0.3, -0.25) is 14.8 Å². The van der Waals surface area contributed by atoms with E-state index in [0.717, 1.165) is 61.0 Å². The number of likely N-dealkylation sites (N-methyl/N-ethyl adjacent to an activating group) is 1. The number of halogens is 1. The number of piperidine rings is 1. The highest BCUT2D eigenvalue weighted by Gasteiger charge is 2.33. The normalized spacial score (nSPS) is 17.4. The molecular formula is C27H34FN7O. The van der Waals surface area contributed by atoms with E-state index in [2.05, 4.69) is 15.5 Å². The number of nitrogens with one attached hydrogen (secondary N) is 2. The molecule has 1 aliphatic heterocycles. The van der Waals surface area contributed by atoms with Gasteiger partial charge in [0.05, 0.1) is 0 Å². The van der Waals surface area contributed by atoms with Crippen LogP contribution in [-0.2, 0) is 11.2 Å². The number of hydrogen-bond donors (Lipinski definition) is 2. The predicted octanol–water partition coefficient (Wildman–Crippen LogP) is 4.35. The van der Waals surface area contributed by atoms with Crippen LogP contribution in [0.25, 0.3) is 0 Å². The smallest absolute Gasteiger partial charge is 0.244 e. The third-order valence-corrected chi connectivity index (χ3v) is 7.08. The first kappa shape index (κ1) is 24.4. The molecule has 1 saturated carbocycles. The summed E-state index contributed by atoms with van der Waals surface area (Å²) in [5.41, 5.74) is 2.45. The summed E-state index contributed by atoms with van der Waals surface area (Å²) in [6.07, 6.45) is 4.92. The second-order valence-corrected chi connectivity index (χ2v) is 10.3. The van der Waals surface area contributed by atoms with Crippen molar-refractivity contribution in [2.24, 2.45) is 5.92 Å². The summed E-state index contributed by atoms with van der Waals surface area (Å²) < 4.78 is 14.5. The lowest BCUT2D eigenvalue weighted by atomic mass is 9.91. The van der Waals surface area contributed by atoms with Crippen LogP contribution in [0.1, 0.15) is 60.4 Å². The van der Waals surface area contributed by atoms with Crippen LogP contribution in [0.15, 0.2) is 36.4 Å². The Morgan fingerprint density at radius 3 is 2.53 bits per heavy atom. The van der Waals surface area contributed by atoms with Gasteiger partial charge in [-0.05, 0) is 65.1 Å². The van der Waals surface area contributed by atoms with E-state index < -0.39 is 6.04 Å². The molecule has 1 atom stereocenters. The standard InChI is InChI=1S/C27H34FN7O/c1-17-14-24(33-32-17)30-23-16-20(29-26(31-23)19-8-9-19)15-18-10-12-35(13-11-18)27(36)25(34(2)3)21-6-4-5-7-22(21)28/h4-7,14,16,18-19,25H,8-13,15H2,1-3H3,(H2,29,30,31,32,33)/t25-/m1/s1. The van der Waals surface area contributed by atoms with Crippen molar-refractivity contribution in [3.63, 3.8) is 0 Å². The molecule has 0 bridgehead atoms. The number of carbonyl (C=O) groups excluding carboxylic acids is 1. The van der Waals surface area contributed by atoms with Crippen LogP contribution in [0, 0.1) is 18.7 Å². The van der Waals surface area contributed by atoms with E-state index in [1.165, 1.54) is 6.07 Å². The monoisotopic (exact) mass is 491 g/mol. The second kappa shape index (κ2) is 10.3. The number of aryl methyl sites for hydroxylation is 1. The van der Waals surface area contributed by atoms with Gasteiger partial charge < -0.3 is 10.2 Å². The van der Waals surface area contributed by atoms with Crippen molar-refractivity contribution in [1.82, 2.24) is 30.0 Å². The fourth-order valence-corrected chi connectivity index (χ4v) is 4.98. The van der Waals surface area contributed by atoms with E-state index >= 15 is 0 Å². The zero-order valence-corrected chi connectivity index (χ0v) is 21.2. The molecular weight excluding hydrogens is 457 g/mol. The van der Waals surface area contributed by atoms with Crippen LogP contribution in [0.3, 0.4) is 0 Å². The summed E-state index contributed by atoms with van der Waals surface area (Å²) in [6, 6.07) is 9.90. The molecule has 1 aliphatic carbocycles. The fraction of sp³-hybridized carbons (Fsp3) is 0.481. The number of hydrogen-bond acceptors (Lipinski definition) is 6. The molecule has 1 saturated heterocycles. The maximum atomic E-state index is 14.5. The first-order valence-electron chi connectivity index (χ1n) is 12.7. The highest BCUT2D eigenvalue weighted by Crippen LogP contribution is 2.39. The number of carbonyl (C=O) groups is 1. The Morgan fingerprint density at radius 2 is 1.89 bits per heavy atom. The van der Waals surface area contributed by atoms with E-state index in [9.17, 15) is 9.18 Å². The fourth-order valence-electron chi connectivity index (χ4n) is 4.98. The average molecular weight is 492 g/mol. The minimum atomic E-state index is -0.620. The quantitative estimate of drug-likeness (QED) is 0.487. The minimum absolute atomic E-state index is 0.0395. The number of aromatic nitrogens is 4. The van der Waals surface area contributed by atoms with Crippen LogP contribution >= 0.6 is 0 Å². The van der Waals surface area contributed by atoms with E-state index in [-0.39, 0.29) is 11.7 Å². The summed E-state index contributed by atoms with van der Waals surface area (Å²) in [5, 5.41) is 10.5. The minimum Gasteiger partial charge on any atom is -0.341 e. The molecule has 9 heteroatoms. The van der Waals surface area contributed by atoms with Crippen molar-refractivity contribution >= 4 is 17.5 Å². The molecule has 0 radical (unpaired) electrons. The van der Waals surface area contributed by atoms with Crippen LogP contribution in [0.2, 0.25) is 0 Å². The Labute approximate surface area is 211 Å². The van der Waals surface area contributed by atoms with Gasteiger partial charge >= 0.3 is 0 Å². The van der Waals surface area contributed by atoms with Gasteiger partial charge in [0.1, 0.15) is 23.5 Å². The van der Waals surface area contributed by atoms with Gasteiger partial charge in [-0.15, -0.1) is 0 Å². The molecule has 1 amide bonds. The number of rotatable bonds is 8. The molecule has 5 rings (SSSR count). The topological polar surface area (TPSA) is 90.0 Å². The Hall–Kier alpha value is -3.33. The van der Waals surface area contributed by atoms with E-state index in [4.69, 9.17) is 9.97 Å². The number of aromatic amines is 1. The van der Waals surface area contributed by atoms with Crippen molar-refractivity contribution in [3.05, 3.63) is 65.0 Å². The Morgan fingerprint density at radius 1 is 1.14 bits per heavy atom. The molecule has 190 valence electrons. The summed E-state index contributed by atoms with van der Waals surface area (Å²) in [5.74, 6) is 2.94. The molecule has 0 spiro atoms. The van der Waals surface area contributed by atoms with E-state index in [1.54, 1.807) is 23.1 Å². The van der Waals surface area contributed by atoms with E-state index in [0.29, 0.717) is 30.5 Å². The molecule has 36 heavy (non-hydrogen) atoms. The first-order chi connectivity index (χ1) is 17.4.